The predicted molar refractivity (Wildman–Crippen MR) is 92.7 cm³/mol. The summed E-state index contributed by atoms with van der Waals surface area (Å²) >= 11 is 0. The summed E-state index contributed by atoms with van der Waals surface area (Å²) in [6, 6.07) is 13.6. The van der Waals surface area contributed by atoms with Crippen LogP contribution in [0, 0.1) is 10.1 Å². The first-order valence-corrected chi connectivity index (χ1v) is 7.82. The van der Waals surface area contributed by atoms with Crippen LogP contribution in [0.5, 0.6) is 11.5 Å². The van der Waals surface area contributed by atoms with Crippen molar-refractivity contribution >= 4 is 11.6 Å². The molecule has 7 nitrogen and oxygen atoms in total. The highest BCUT2D eigenvalue weighted by Crippen LogP contribution is 2.31. The lowest BCUT2D eigenvalue weighted by Gasteiger charge is -2.21. The maximum absolute atomic E-state index is 12.4. The van der Waals surface area contributed by atoms with Gasteiger partial charge in [0.1, 0.15) is 0 Å². The molecular weight excluding hydrogens is 324 g/mol. The minimum absolute atomic E-state index is 0.125. The minimum atomic E-state index is -0.526. The summed E-state index contributed by atoms with van der Waals surface area (Å²) < 4.78 is 10.6. The van der Waals surface area contributed by atoms with E-state index in [2.05, 4.69) is 0 Å². The topological polar surface area (TPSA) is 81.9 Å². The molecule has 0 radical (unpaired) electrons. The Kier molecular flexibility index (Phi) is 6.33. The molecule has 0 aliphatic rings. The number of nitrogens with zero attached hydrogens (tertiary/aromatic N) is 2. The van der Waals surface area contributed by atoms with Crippen molar-refractivity contribution in [3.8, 4) is 11.5 Å². The van der Waals surface area contributed by atoms with Gasteiger partial charge >= 0.3 is 0 Å². The molecule has 0 aliphatic heterocycles. The van der Waals surface area contributed by atoms with Crippen molar-refractivity contribution in [2.45, 2.75) is 13.5 Å². The molecule has 0 unspecified atom stereocenters. The van der Waals surface area contributed by atoms with Gasteiger partial charge in [-0.15, -0.1) is 0 Å². The Morgan fingerprint density at radius 3 is 2.48 bits per heavy atom. The predicted octanol–water partition coefficient (Wildman–Crippen LogP) is 3.03. The fourth-order valence-electron chi connectivity index (χ4n) is 2.30. The maximum Gasteiger partial charge on any atom is 0.273 e. The molecule has 0 fully saturated rings. The quantitative estimate of drug-likeness (QED) is 0.543. The molecule has 2 aromatic carbocycles. The molecule has 2 aromatic rings. The van der Waals surface area contributed by atoms with Crippen LogP contribution in [-0.2, 0) is 11.3 Å². The van der Waals surface area contributed by atoms with Crippen LogP contribution in [0.1, 0.15) is 12.5 Å². The van der Waals surface area contributed by atoms with Crippen LogP contribution in [0.15, 0.2) is 48.5 Å². The number of benzene rings is 2. The third kappa shape index (κ3) is 4.94. The van der Waals surface area contributed by atoms with E-state index in [1.165, 1.54) is 25.3 Å². The number of hydrogen-bond acceptors (Lipinski definition) is 5. The molecule has 132 valence electrons. The van der Waals surface area contributed by atoms with E-state index in [4.69, 9.17) is 9.47 Å². The van der Waals surface area contributed by atoms with Gasteiger partial charge in [-0.25, -0.2) is 0 Å². The Morgan fingerprint density at radius 2 is 1.88 bits per heavy atom. The first kappa shape index (κ1) is 18.3. The lowest BCUT2D eigenvalue weighted by molar-refractivity contribution is -0.385. The number of rotatable bonds is 8. The van der Waals surface area contributed by atoms with E-state index in [0.717, 1.165) is 5.56 Å². The smallest absolute Gasteiger partial charge is 0.273 e. The van der Waals surface area contributed by atoms with Crippen molar-refractivity contribution in [3.63, 3.8) is 0 Å². The summed E-state index contributed by atoms with van der Waals surface area (Å²) in [5.74, 6) is 0.297. The fourth-order valence-corrected chi connectivity index (χ4v) is 2.30. The second-order valence-corrected chi connectivity index (χ2v) is 5.27. The van der Waals surface area contributed by atoms with Crippen molar-refractivity contribution in [1.82, 2.24) is 4.90 Å². The number of carbonyl (C=O) groups excluding carboxylic acids is 1. The van der Waals surface area contributed by atoms with E-state index in [1.54, 1.807) is 4.90 Å². The molecule has 0 aliphatic carbocycles. The first-order chi connectivity index (χ1) is 12.0. The molecule has 0 atom stereocenters. The number of nitro groups is 1. The number of amides is 1. The van der Waals surface area contributed by atoms with Crippen LogP contribution in [-0.4, -0.2) is 36.0 Å². The maximum atomic E-state index is 12.4. The first-order valence-electron chi connectivity index (χ1n) is 7.82. The van der Waals surface area contributed by atoms with Gasteiger partial charge in [0.2, 0.25) is 0 Å². The number of carbonyl (C=O) groups is 1. The van der Waals surface area contributed by atoms with Gasteiger partial charge < -0.3 is 14.4 Å². The van der Waals surface area contributed by atoms with Gasteiger partial charge in [0.25, 0.3) is 11.6 Å². The number of ether oxygens (including phenoxy) is 2. The average molecular weight is 344 g/mol. The van der Waals surface area contributed by atoms with E-state index < -0.39 is 4.92 Å². The lowest BCUT2D eigenvalue weighted by atomic mass is 10.2. The fraction of sp³-hybridized carbons (Fsp3) is 0.278. The van der Waals surface area contributed by atoms with Crippen LogP contribution in [0.2, 0.25) is 0 Å². The van der Waals surface area contributed by atoms with Crippen LogP contribution in [0.25, 0.3) is 0 Å². The number of methoxy groups -OCH3 is 1. The largest absolute Gasteiger partial charge is 0.493 e. The van der Waals surface area contributed by atoms with Gasteiger partial charge in [-0.3, -0.25) is 14.9 Å². The molecule has 0 heterocycles. The van der Waals surface area contributed by atoms with Crippen LogP contribution < -0.4 is 9.47 Å². The summed E-state index contributed by atoms with van der Waals surface area (Å²) in [6.07, 6.45) is 0. The average Bonchev–Trinajstić information content (AvgIpc) is 2.64. The zero-order valence-electron chi connectivity index (χ0n) is 14.2. The van der Waals surface area contributed by atoms with Gasteiger partial charge in [-0.2, -0.15) is 0 Å². The number of non-ortho nitro benzene ring substituents is 1. The van der Waals surface area contributed by atoms with Gasteiger partial charge in [-0.1, -0.05) is 30.3 Å². The molecular formula is C18H20N2O5. The van der Waals surface area contributed by atoms with Crippen LogP contribution in [0.4, 0.5) is 5.69 Å². The molecule has 25 heavy (non-hydrogen) atoms. The monoisotopic (exact) mass is 344 g/mol. The molecule has 0 saturated carbocycles. The molecule has 2 rings (SSSR count). The SMILES string of the molecule is CCN(Cc1ccccc1)C(=O)COc1cc([N+](=O)[O-])ccc1OC. The zero-order chi connectivity index (χ0) is 18.2. The zero-order valence-corrected chi connectivity index (χ0v) is 14.2. The minimum Gasteiger partial charge on any atom is -0.493 e. The number of hydrogen-bond donors (Lipinski definition) is 0. The summed E-state index contributed by atoms with van der Waals surface area (Å²) in [5, 5.41) is 10.9. The van der Waals surface area contributed by atoms with Gasteiger partial charge in [0.15, 0.2) is 18.1 Å². The van der Waals surface area contributed by atoms with Gasteiger partial charge in [-0.05, 0) is 18.6 Å². The highest BCUT2D eigenvalue weighted by atomic mass is 16.6. The Bertz CT molecular complexity index is 734. The van der Waals surface area contributed by atoms with E-state index >= 15 is 0 Å². The third-order valence-corrected chi connectivity index (χ3v) is 3.66. The molecule has 0 aromatic heterocycles. The summed E-state index contributed by atoms with van der Waals surface area (Å²) in [6.45, 7) is 2.67. The van der Waals surface area contributed by atoms with Crippen LogP contribution >= 0.6 is 0 Å². The lowest BCUT2D eigenvalue weighted by Crippen LogP contribution is -2.34. The van der Waals surface area contributed by atoms with Gasteiger partial charge in [0.05, 0.1) is 18.1 Å². The van der Waals surface area contributed by atoms with Crippen molar-refractivity contribution in [1.29, 1.82) is 0 Å². The van der Waals surface area contributed by atoms with Crippen molar-refractivity contribution in [2.24, 2.45) is 0 Å². The molecule has 0 N–H and O–H groups in total. The van der Waals surface area contributed by atoms with Crippen molar-refractivity contribution < 1.29 is 19.2 Å². The summed E-state index contributed by atoms with van der Waals surface area (Å²) in [4.78, 5) is 24.4. The second kappa shape index (κ2) is 8.68. The number of likely N-dealkylation sites (N-methyl/N-ethyl adjacent to an activating group) is 1. The third-order valence-electron chi connectivity index (χ3n) is 3.66. The Balaban J connectivity index is 2.05. The number of nitro benzene ring substituents is 1. The highest BCUT2D eigenvalue weighted by Gasteiger charge is 2.16. The summed E-state index contributed by atoms with van der Waals surface area (Å²) in [7, 11) is 1.43. The summed E-state index contributed by atoms with van der Waals surface area (Å²) in [5.41, 5.74) is 0.894. The molecule has 7 heteroatoms. The molecule has 0 bridgehead atoms. The second-order valence-electron chi connectivity index (χ2n) is 5.27. The molecule has 0 saturated heterocycles. The standard InChI is InChI=1S/C18H20N2O5/c1-3-19(12-14-7-5-4-6-8-14)18(21)13-25-17-11-15(20(22)23)9-10-16(17)24-2/h4-11H,3,12-13H2,1-2H3. The Hall–Kier alpha value is -3.09. The van der Waals surface area contributed by atoms with E-state index in [9.17, 15) is 14.9 Å². The van der Waals surface area contributed by atoms with E-state index in [-0.39, 0.29) is 24.0 Å². The Morgan fingerprint density at radius 1 is 1.16 bits per heavy atom. The Labute approximate surface area is 145 Å². The normalized spacial score (nSPS) is 10.2. The van der Waals surface area contributed by atoms with E-state index in [1.807, 2.05) is 37.3 Å². The van der Waals surface area contributed by atoms with Crippen molar-refractivity contribution in [2.75, 3.05) is 20.3 Å². The molecule has 0 spiro atoms. The van der Waals surface area contributed by atoms with Crippen molar-refractivity contribution in [3.05, 3.63) is 64.2 Å². The van der Waals surface area contributed by atoms with Gasteiger partial charge in [0, 0.05) is 19.2 Å². The highest BCUT2D eigenvalue weighted by molar-refractivity contribution is 5.77. The van der Waals surface area contributed by atoms with Crippen LogP contribution in [0.3, 0.4) is 0 Å². The molecule has 1 amide bonds. The van der Waals surface area contributed by atoms with E-state index in [0.29, 0.717) is 18.8 Å².